The highest BCUT2D eigenvalue weighted by atomic mass is 16.5. The fourth-order valence-electron chi connectivity index (χ4n) is 1.58. The van der Waals surface area contributed by atoms with Gasteiger partial charge < -0.3 is 4.74 Å². The quantitative estimate of drug-likeness (QED) is 0.561. The summed E-state index contributed by atoms with van der Waals surface area (Å²) in [6.45, 7) is 5.56. The number of rotatable bonds is 4. The molecule has 0 saturated carbocycles. The summed E-state index contributed by atoms with van der Waals surface area (Å²) in [4.78, 5) is 22.3. The molecule has 0 fully saturated rings. The third-order valence-electron chi connectivity index (χ3n) is 2.18. The van der Waals surface area contributed by atoms with Crippen LogP contribution < -0.4 is 4.74 Å². The molecule has 3 nitrogen and oxygen atoms in total. The molecule has 80 valence electrons. The van der Waals surface area contributed by atoms with Crippen molar-refractivity contribution >= 4 is 12.1 Å². The molecule has 0 aliphatic rings. The number of ketones is 1. The summed E-state index contributed by atoms with van der Waals surface area (Å²) in [6.07, 6.45) is 0.675. The smallest absolute Gasteiger partial charge is 0.160 e. The van der Waals surface area contributed by atoms with E-state index in [4.69, 9.17) is 4.74 Å². The Morgan fingerprint density at radius 3 is 2.60 bits per heavy atom. The molecule has 0 unspecified atom stereocenters. The number of hydrogen-bond acceptors (Lipinski definition) is 3. The second-order valence-electron chi connectivity index (χ2n) is 3.28. The van der Waals surface area contributed by atoms with E-state index in [1.54, 1.807) is 19.1 Å². The van der Waals surface area contributed by atoms with Crippen molar-refractivity contribution in [2.75, 3.05) is 6.61 Å². The van der Waals surface area contributed by atoms with E-state index in [0.717, 1.165) is 5.56 Å². The Bertz CT molecular complexity index is 394. The first kappa shape index (κ1) is 11.4. The first-order valence-electron chi connectivity index (χ1n) is 4.84. The first-order chi connectivity index (χ1) is 7.11. The van der Waals surface area contributed by atoms with Crippen LogP contribution in [0, 0.1) is 6.92 Å². The zero-order chi connectivity index (χ0) is 11.4. The zero-order valence-electron chi connectivity index (χ0n) is 9.16. The van der Waals surface area contributed by atoms with Crippen molar-refractivity contribution in [3.8, 4) is 5.75 Å². The summed E-state index contributed by atoms with van der Waals surface area (Å²) in [5.41, 5.74) is 1.60. The molecule has 1 aromatic carbocycles. The molecule has 3 heteroatoms. The lowest BCUT2D eigenvalue weighted by Crippen LogP contribution is -2.05. The summed E-state index contributed by atoms with van der Waals surface area (Å²) >= 11 is 0. The highest BCUT2D eigenvalue weighted by Gasteiger charge is 2.14. The second kappa shape index (κ2) is 4.73. The number of hydrogen-bond donors (Lipinski definition) is 0. The molecular weight excluding hydrogens is 192 g/mol. The van der Waals surface area contributed by atoms with Crippen molar-refractivity contribution in [3.63, 3.8) is 0 Å². The molecule has 0 radical (unpaired) electrons. The van der Waals surface area contributed by atoms with Crippen LogP contribution in [-0.4, -0.2) is 18.7 Å². The number of aryl methyl sites for hydroxylation is 1. The Labute approximate surface area is 89.1 Å². The molecule has 1 aromatic rings. The van der Waals surface area contributed by atoms with Crippen LogP contribution in [0.15, 0.2) is 12.1 Å². The van der Waals surface area contributed by atoms with Crippen molar-refractivity contribution in [2.24, 2.45) is 0 Å². The maximum atomic E-state index is 11.4. The van der Waals surface area contributed by atoms with Gasteiger partial charge in [-0.05, 0) is 32.4 Å². The monoisotopic (exact) mass is 206 g/mol. The highest BCUT2D eigenvalue weighted by Crippen LogP contribution is 2.24. The molecule has 0 aliphatic heterocycles. The van der Waals surface area contributed by atoms with Crippen molar-refractivity contribution in [1.82, 2.24) is 0 Å². The molecule has 0 heterocycles. The lowest BCUT2D eigenvalue weighted by molar-refractivity contribution is 0.100. The normalized spacial score (nSPS) is 9.80. The largest absolute Gasteiger partial charge is 0.493 e. The van der Waals surface area contributed by atoms with Gasteiger partial charge in [-0.15, -0.1) is 0 Å². The first-order valence-corrected chi connectivity index (χ1v) is 4.84. The summed E-state index contributed by atoms with van der Waals surface area (Å²) < 4.78 is 5.29. The Balaban J connectivity index is 3.40. The van der Waals surface area contributed by atoms with Gasteiger partial charge in [-0.2, -0.15) is 0 Å². The van der Waals surface area contributed by atoms with E-state index >= 15 is 0 Å². The van der Waals surface area contributed by atoms with Crippen molar-refractivity contribution < 1.29 is 14.3 Å². The van der Waals surface area contributed by atoms with Crippen LogP contribution in [-0.2, 0) is 0 Å². The van der Waals surface area contributed by atoms with Crippen LogP contribution in [0.3, 0.4) is 0 Å². The predicted octanol–water partition coefficient (Wildman–Crippen LogP) is 2.41. The predicted molar refractivity (Wildman–Crippen MR) is 57.7 cm³/mol. The van der Waals surface area contributed by atoms with Gasteiger partial charge in [-0.25, -0.2) is 0 Å². The molecular formula is C12H14O3. The molecule has 0 saturated heterocycles. The van der Waals surface area contributed by atoms with E-state index in [9.17, 15) is 9.59 Å². The minimum absolute atomic E-state index is 0.115. The number of Topliss-reactive ketones (excluding diaryl/α,β-unsaturated/α-hetero) is 1. The fraction of sp³-hybridized carbons (Fsp3) is 0.333. The highest BCUT2D eigenvalue weighted by molar-refractivity contribution is 6.04. The minimum atomic E-state index is -0.115. The van der Waals surface area contributed by atoms with Crippen LogP contribution in [0.5, 0.6) is 5.75 Å². The van der Waals surface area contributed by atoms with Gasteiger partial charge in [0.15, 0.2) is 12.1 Å². The van der Waals surface area contributed by atoms with E-state index < -0.39 is 0 Å². The van der Waals surface area contributed by atoms with Crippen molar-refractivity contribution in [2.45, 2.75) is 20.8 Å². The number of carbonyl (C=O) groups is 2. The van der Waals surface area contributed by atoms with Crippen LogP contribution in [0.1, 0.15) is 40.1 Å². The number of benzene rings is 1. The van der Waals surface area contributed by atoms with Gasteiger partial charge in [0.05, 0.1) is 12.2 Å². The number of carbonyl (C=O) groups excluding carboxylic acids is 2. The van der Waals surface area contributed by atoms with E-state index in [0.29, 0.717) is 29.8 Å². The van der Waals surface area contributed by atoms with Gasteiger partial charge in [0.1, 0.15) is 5.75 Å². The summed E-state index contributed by atoms with van der Waals surface area (Å²) in [5.74, 6) is 0.361. The fourth-order valence-corrected chi connectivity index (χ4v) is 1.58. The molecule has 0 bridgehead atoms. The van der Waals surface area contributed by atoms with Crippen LogP contribution >= 0.6 is 0 Å². The number of aldehydes is 1. The Morgan fingerprint density at radius 2 is 2.13 bits per heavy atom. The van der Waals surface area contributed by atoms with E-state index in [1.165, 1.54) is 6.92 Å². The van der Waals surface area contributed by atoms with Crippen molar-refractivity contribution in [3.05, 3.63) is 28.8 Å². The standard InChI is InChI=1S/C12H14O3/c1-4-15-11-6-5-8(2)12(9(3)14)10(11)7-13/h5-7H,4H2,1-3H3. The molecule has 0 aliphatic carbocycles. The van der Waals surface area contributed by atoms with Crippen LogP contribution in [0.4, 0.5) is 0 Å². The SMILES string of the molecule is CCOc1ccc(C)c(C(C)=O)c1C=O. The van der Waals surface area contributed by atoms with Gasteiger partial charge in [0, 0.05) is 5.56 Å². The Kier molecular flexibility index (Phi) is 3.61. The van der Waals surface area contributed by atoms with Gasteiger partial charge in [-0.3, -0.25) is 9.59 Å². The Morgan fingerprint density at radius 1 is 1.47 bits per heavy atom. The molecule has 0 amide bonds. The molecule has 0 spiro atoms. The van der Waals surface area contributed by atoms with Crippen LogP contribution in [0.25, 0.3) is 0 Å². The molecule has 1 rings (SSSR count). The van der Waals surface area contributed by atoms with Gasteiger partial charge in [0.2, 0.25) is 0 Å². The molecule has 0 N–H and O–H groups in total. The minimum Gasteiger partial charge on any atom is -0.493 e. The average Bonchev–Trinajstić information content (AvgIpc) is 2.19. The molecule has 15 heavy (non-hydrogen) atoms. The average molecular weight is 206 g/mol. The number of ether oxygens (including phenoxy) is 1. The Hall–Kier alpha value is -1.64. The lowest BCUT2D eigenvalue weighted by Gasteiger charge is -2.11. The topological polar surface area (TPSA) is 43.4 Å². The zero-order valence-corrected chi connectivity index (χ0v) is 9.16. The summed E-state index contributed by atoms with van der Waals surface area (Å²) in [5, 5.41) is 0. The lowest BCUT2D eigenvalue weighted by atomic mass is 9.99. The van der Waals surface area contributed by atoms with E-state index in [-0.39, 0.29) is 5.78 Å². The second-order valence-corrected chi connectivity index (χ2v) is 3.28. The van der Waals surface area contributed by atoms with E-state index in [2.05, 4.69) is 0 Å². The molecule has 0 aromatic heterocycles. The maximum Gasteiger partial charge on any atom is 0.160 e. The van der Waals surface area contributed by atoms with Gasteiger partial charge in [0.25, 0.3) is 0 Å². The molecule has 0 atom stereocenters. The maximum absolute atomic E-state index is 11.4. The third-order valence-corrected chi connectivity index (χ3v) is 2.18. The van der Waals surface area contributed by atoms with Crippen LogP contribution in [0.2, 0.25) is 0 Å². The van der Waals surface area contributed by atoms with Crippen molar-refractivity contribution in [1.29, 1.82) is 0 Å². The summed E-state index contributed by atoms with van der Waals surface area (Å²) in [7, 11) is 0. The van der Waals surface area contributed by atoms with Gasteiger partial charge >= 0.3 is 0 Å². The summed E-state index contributed by atoms with van der Waals surface area (Å²) in [6, 6.07) is 3.50. The van der Waals surface area contributed by atoms with Gasteiger partial charge in [-0.1, -0.05) is 6.07 Å². The third kappa shape index (κ3) is 2.24. The van der Waals surface area contributed by atoms with E-state index in [1.807, 2.05) is 6.92 Å².